The van der Waals surface area contributed by atoms with Crippen molar-refractivity contribution in [2.45, 2.75) is 26.3 Å². The molecule has 0 bridgehead atoms. The number of nitrogens with one attached hydrogen (secondary N) is 2. The van der Waals surface area contributed by atoms with Gasteiger partial charge in [0.1, 0.15) is 6.04 Å². The summed E-state index contributed by atoms with van der Waals surface area (Å²) in [7, 11) is 0. The van der Waals surface area contributed by atoms with Gasteiger partial charge in [0.2, 0.25) is 11.8 Å². The van der Waals surface area contributed by atoms with Crippen LogP contribution in [-0.4, -0.2) is 17.9 Å². The minimum absolute atomic E-state index is 0.172. The SMILES string of the molecule is Cc1ccccc1NC(=O)[C@H](C)NC(=O)Cc1cccc2ccccc12. The molecule has 0 heterocycles. The fourth-order valence-corrected chi connectivity index (χ4v) is 2.93. The van der Waals surface area contributed by atoms with Gasteiger partial charge in [0, 0.05) is 5.69 Å². The molecule has 26 heavy (non-hydrogen) atoms. The van der Waals surface area contributed by atoms with Crippen LogP contribution in [0, 0.1) is 6.92 Å². The zero-order valence-corrected chi connectivity index (χ0v) is 15.0. The van der Waals surface area contributed by atoms with Gasteiger partial charge in [0.05, 0.1) is 6.42 Å². The van der Waals surface area contributed by atoms with Crippen LogP contribution >= 0.6 is 0 Å². The first-order chi connectivity index (χ1) is 12.5. The second-order valence-corrected chi connectivity index (χ2v) is 6.41. The van der Waals surface area contributed by atoms with E-state index in [2.05, 4.69) is 10.6 Å². The predicted molar refractivity (Wildman–Crippen MR) is 105 cm³/mol. The average molecular weight is 346 g/mol. The Balaban J connectivity index is 1.64. The van der Waals surface area contributed by atoms with Crippen molar-refractivity contribution in [2.75, 3.05) is 5.32 Å². The van der Waals surface area contributed by atoms with E-state index in [0.29, 0.717) is 0 Å². The van der Waals surface area contributed by atoms with Crippen LogP contribution in [0.25, 0.3) is 10.8 Å². The number of amides is 2. The first-order valence-corrected chi connectivity index (χ1v) is 8.67. The van der Waals surface area contributed by atoms with Crippen molar-refractivity contribution in [3.8, 4) is 0 Å². The fraction of sp³-hybridized carbons (Fsp3) is 0.182. The highest BCUT2D eigenvalue weighted by Crippen LogP contribution is 2.19. The van der Waals surface area contributed by atoms with Crippen LogP contribution in [0.2, 0.25) is 0 Å². The van der Waals surface area contributed by atoms with Gasteiger partial charge in [0.25, 0.3) is 0 Å². The molecule has 0 fully saturated rings. The van der Waals surface area contributed by atoms with Crippen molar-refractivity contribution in [1.29, 1.82) is 0 Å². The standard InChI is InChI=1S/C22H22N2O2/c1-15-8-3-6-13-20(15)24-22(26)16(2)23-21(25)14-18-11-7-10-17-9-4-5-12-19(17)18/h3-13,16H,14H2,1-2H3,(H,23,25)(H,24,26)/t16-/m0/s1. The van der Waals surface area contributed by atoms with Crippen LogP contribution in [-0.2, 0) is 16.0 Å². The molecule has 3 rings (SSSR count). The monoisotopic (exact) mass is 346 g/mol. The van der Waals surface area contributed by atoms with Gasteiger partial charge in [-0.05, 0) is 41.8 Å². The minimum Gasteiger partial charge on any atom is -0.344 e. The van der Waals surface area contributed by atoms with Crippen LogP contribution in [0.15, 0.2) is 66.7 Å². The normalized spacial score (nSPS) is 11.8. The molecule has 4 nitrogen and oxygen atoms in total. The molecule has 0 saturated heterocycles. The first-order valence-electron chi connectivity index (χ1n) is 8.67. The van der Waals surface area contributed by atoms with Crippen molar-refractivity contribution in [3.63, 3.8) is 0 Å². The Morgan fingerprint density at radius 2 is 1.62 bits per heavy atom. The number of anilines is 1. The number of hydrogen-bond donors (Lipinski definition) is 2. The Bertz CT molecular complexity index is 944. The van der Waals surface area contributed by atoms with E-state index in [-0.39, 0.29) is 18.2 Å². The number of benzene rings is 3. The maximum atomic E-state index is 12.4. The largest absolute Gasteiger partial charge is 0.344 e. The van der Waals surface area contributed by atoms with Gasteiger partial charge >= 0.3 is 0 Å². The Kier molecular flexibility index (Phi) is 5.32. The Labute approximate surface area is 153 Å². The van der Waals surface area contributed by atoms with E-state index in [4.69, 9.17) is 0 Å². The molecular formula is C22H22N2O2. The summed E-state index contributed by atoms with van der Waals surface area (Å²) in [6, 6.07) is 20.8. The summed E-state index contributed by atoms with van der Waals surface area (Å²) in [5, 5.41) is 7.79. The van der Waals surface area contributed by atoms with Gasteiger partial charge in [-0.2, -0.15) is 0 Å². The summed E-state index contributed by atoms with van der Waals surface area (Å²) < 4.78 is 0. The second kappa shape index (κ2) is 7.83. The summed E-state index contributed by atoms with van der Waals surface area (Å²) >= 11 is 0. The minimum atomic E-state index is -0.614. The number of fused-ring (bicyclic) bond motifs is 1. The number of hydrogen-bond acceptors (Lipinski definition) is 2. The van der Waals surface area contributed by atoms with E-state index in [9.17, 15) is 9.59 Å². The first kappa shape index (κ1) is 17.7. The van der Waals surface area contributed by atoms with Gasteiger partial charge in [-0.3, -0.25) is 9.59 Å². The quantitative estimate of drug-likeness (QED) is 0.737. The van der Waals surface area contributed by atoms with Crippen LogP contribution in [0.5, 0.6) is 0 Å². The van der Waals surface area contributed by atoms with Crippen LogP contribution < -0.4 is 10.6 Å². The summed E-state index contributed by atoms with van der Waals surface area (Å²) in [6.07, 6.45) is 0.239. The molecule has 0 spiro atoms. The number of rotatable bonds is 5. The molecule has 1 atom stereocenters. The maximum Gasteiger partial charge on any atom is 0.246 e. The van der Waals surface area contributed by atoms with Crippen molar-refractivity contribution in [3.05, 3.63) is 77.9 Å². The van der Waals surface area contributed by atoms with Crippen molar-refractivity contribution >= 4 is 28.3 Å². The topological polar surface area (TPSA) is 58.2 Å². The van der Waals surface area contributed by atoms with E-state index in [1.54, 1.807) is 6.92 Å². The van der Waals surface area contributed by atoms with Crippen molar-refractivity contribution < 1.29 is 9.59 Å². The molecule has 3 aromatic carbocycles. The molecule has 0 aromatic heterocycles. The summed E-state index contributed by atoms with van der Waals surface area (Å²) in [6.45, 7) is 3.62. The third-order valence-corrected chi connectivity index (χ3v) is 4.40. The second-order valence-electron chi connectivity index (χ2n) is 6.41. The Morgan fingerprint density at radius 1 is 0.923 bits per heavy atom. The molecule has 0 aliphatic carbocycles. The molecule has 0 saturated carbocycles. The lowest BCUT2D eigenvalue weighted by atomic mass is 10.0. The van der Waals surface area contributed by atoms with E-state index in [0.717, 1.165) is 27.6 Å². The molecule has 0 aliphatic rings. The van der Waals surface area contributed by atoms with E-state index in [1.807, 2.05) is 73.7 Å². The van der Waals surface area contributed by atoms with Crippen LogP contribution in [0.4, 0.5) is 5.69 Å². The predicted octanol–water partition coefficient (Wildman–Crippen LogP) is 3.83. The van der Waals surface area contributed by atoms with E-state index >= 15 is 0 Å². The molecule has 132 valence electrons. The Morgan fingerprint density at radius 3 is 2.42 bits per heavy atom. The molecule has 0 unspecified atom stereocenters. The van der Waals surface area contributed by atoms with Gasteiger partial charge in [-0.25, -0.2) is 0 Å². The van der Waals surface area contributed by atoms with E-state index in [1.165, 1.54) is 0 Å². The lowest BCUT2D eigenvalue weighted by Gasteiger charge is -2.15. The zero-order chi connectivity index (χ0) is 18.5. The molecule has 3 aromatic rings. The average Bonchev–Trinajstić information content (AvgIpc) is 2.64. The van der Waals surface area contributed by atoms with Gasteiger partial charge in [-0.1, -0.05) is 60.7 Å². The molecule has 0 aliphatic heterocycles. The highest BCUT2D eigenvalue weighted by Gasteiger charge is 2.17. The molecular weight excluding hydrogens is 324 g/mol. The molecule has 2 amide bonds. The van der Waals surface area contributed by atoms with Crippen molar-refractivity contribution in [2.24, 2.45) is 0 Å². The highest BCUT2D eigenvalue weighted by molar-refractivity contribution is 5.98. The highest BCUT2D eigenvalue weighted by atomic mass is 16.2. The molecule has 4 heteroatoms. The number of carbonyl (C=O) groups is 2. The van der Waals surface area contributed by atoms with Gasteiger partial charge < -0.3 is 10.6 Å². The summed E-state index contributed by atoms with van der Waals surface area (Å²) in [5.74, 6) is -0.403. The molecule has 0 radical (unpaired) electrons. The third kappa shape index (κ3) is 4.09. The van der Waals surface area contributed by atoms with Crippen LogP contribution in [0.1, 0.15) is 18.1 Å². The van der Waals surface area contributed by atoms with E-state index < -0.39 is 6.04 Å². The third-order valence-electron chi connectivity index (χ3n) is 4.40. The summed E-state index contributed by atoms with van der Waals surface area (Å²) in [5.41, 5.74) is 2.69. The Hall–Kier alpha value is -3.14. The summed E-state index contributed by atoms with van der Waals surface area (Å²) in [4.78, 5) is 24.7. The van der Waals surface area contributed by atoms with Crippen LogP contribution in [0.3, 0.4) is 0 Å². The number of carbonyl (C=O) groups excluding carboxylic acids is 2. The smallest absolute Gasteiger partial charge is 0.246 e. The lowest BCUT2D eigenvalue weighted by Crippen LogP contribution is -2.42. The molecule has 2 N–H and O–H groups in total. The van der Waals surface area contributed by atoms with Gasteiger partial charge in [-0.15, -0.1) is 0 Å². The van der Waals surface area contributed by atoms with Crippen molar-refractivity contribution in [1.82, 2.24) is 5.32 Å². The van der Waals surface area contributed by atoms with Gasteiger partial charge in [0.15, 0.2) is 0 Å². The lowest BCUT2D eigenvalue weighted by molar-refractivity contribution is -0.125. The fourth-order valence-electron chi connectivity index (χ4n) is 2.93. The number of para-hydroxylation sites is 1. The maximum absolute atomic E-state index is 12.4. The number of aryl methyl sites for hydroxylation is 1. The zero-order valence-electron chi connectivity index (χ0n) is 15.0.